The van der Waals surface area contributed by atoms with Gasteiger partial charge in [0.2, 0.25) is 5.91 Å². The lowest BCUT2D eigenvalue weighted by atomic mass is 9.97. The lowest BCUT2D eigenvalue weighted by molar-refractivity contribution is -0.163. The first-order valence-corrected chi connectivity index (χ1v) is 7.20. The fourth-order valence-corrected chi connectivity index (χ4v) is 2.63. The van der Waals surface area contributed by atoms with Gasteiger partial charge in [0, 0.05) is 13.1 Å². The number of ether oxygens (including phenoxy) is 1. The lowest BCUT2D eigenvalue weighted by Gasteiger charge is -2.40. The SMILES string of the molecule is Cc1ccccc1CN1CC(C)(CCCN)OCC1=O. The smallest absolute Gasteiger partial charge is 0.248 e. The summed E-state index contributed by atoms with van der Waals surface area (Å²) < 4.78 is 5.73. The molecule has 0 aliphatic carbocycles. The minimum atomic E-state index is -0.268. The van der Waals surface area contributed by atoms with E-state index in [9.17, 15) is 4.79 Å². The molecule has 0 saturated carbocycles. The lowest BCUT2D eigenvalue weighted by Crippen LogP contribution is -2.52. The Morgan fingerprint density at radius 3 is 2.85 bits per heavy atom. The molecule has 1 amide bonds. The summed E-state index contributed by atoms with van der Waals surface area (Å²) in [5.41, 5.74) is 7.72. The van der Waals surface area contributed by atoms with Gasteiger partial charge >= 0.3 is 0 Å². The van der Waals surface area contributed by atoms with Gasteiger partial charge in [0.25, 0.3) is 0 Å². The molecule has 1 atom stereocenters. The van der Waals surface area contributed by atoms with E-state index >= 15 is 0 Å². The molecule has 2 rings (SSSR count). The Hall–Kier alpha value is -1.39. The van der Waals surface area contributed by atoms with Crippen molar-refractivity contribution < 1.29 is 9.53 Å². The molecule has 0 spiro atoms. The average molecular weight is 276 g/mol. The molecule has 2 N–H and O–H groups in total. The monoisotopic (exact) mass is 276 g/mol. The first kappa shape index (κ1) is 15.0. The molecule has 1 unspecified atom stereocenters. The highest BCUT2D eigenvalue weighted by Gasteiger charge is 2.35. The van der Waals surface area contributed by atoms with Gasteiger partial charge in [-0.3, -0.25) is 4.79 Å². The zero-order valence-electron chi connectivity index (χ0n) is 12.4. The molecule has 20 heavy (non-hydrogen) atoms. The average Bonchev–Trinajstić information content (AvgIpc) is 2.44. The summed E-state index contributed by atoms with van der Waals surface area (Å²) in [4.78, 5) is 14.0. The highest BCUT2D eigenvalue weighted by atomic mass is 16.5. The number of hydrogen-bond acceptors (Lipinski definition) is 3. The maximum Gasteiger partial charge on any atom is 0.248 e. The van der Waals surface area contributed by atoms with Crippen LogP contribution in [0.25, 0.3) is 0 Å². The van der Waals surface area contributed by atoms with E-state index in [4.69, 9.17) is 10.5 Å². The highest BCUT2D eigenvalue weighted by Crippen LogP contribution is 2.25. The van der Waals surface area contributed by atoms with Gasteiger partial charge in [-0.1, -0.05) is 24.3 Å². The van der Waals surface area contributed by atoms with Crippen molar-refractivity contribution in [2.24, 2.45) is 5.73 Å². The Morgan fingerprint density at radius 2 is 2.15 bits per heavy atom. The fourth-order valence-electron chi connectivity index (χ4n) is 2.63. The van der Waals surface area contributed by atoms with Crippen LogP contribution in [0, 0.1) is 6.92 Å². The van der Waals surface area contributed by atoms with Crippen molar-refractivity contribution in [3.05, 3.63) is 35.4 Å². The maximum atomic E-state index is 12.0. The Kier molecular flexibility index (Phi) is 4.78. The zero-order valence-corrected chi connectivity index (χ0v) is 12.4. The largest absolute Gasteiger partial charge is 0.364 e. The van der Waals surface area contributed by atoms with Crippen molar-refractivity contribution in [3.63, 3.8) is 0 Å². The summed E-state index contributed by atoms with van der Waals surface area (Å²) in [7, 11) is 0. The first-order valence-electron chi connectivity index (χ1n) is 7.20. The van der Waals surface area contributed by atoms with E-state index in [1.807, 2.05) is 17.0 Å². The van der Waals surface area contributed by atoms with Gasteiger partial charge in [-0.2, -0.15) is 0 Å². The third-order valence-electron chi connectivity index (χ3n) is 3.95. The van der Waals surface area contributed by atoms with Gasteiger partial charge in [0.15, 0.2) is 0 Å². The molecule has 110 valence electrons. The van der Waals surface area contributed by atoms with Crippen molar-refractivity contribution >= 4 is 5.91 Å². The van der Waals surface area contributed by atoms with Crippen molar-refractivity contribution in [3.8, 4) is 0 Å². The van der Waals surface area contributed by atoms with E-state index in [2.05, 4.69) is 26.0 Å². The first-order chi connectivity index (χ1) is 9.54. The van der Waals surface area contributed by atoms with Crippen LogP contribution >= 0.6 is 0 Å². The standard InChI is InChI=1S/C16H24N2O2/c1-13-6-3-4-7-14(13)10-18-12-16(2,8-5-9-17)20-11-15(18)19/h3-4,6-7H,5,8-12,17H2,1-2H3. The van der Waals surface area contributed by atoms with Crippen LogP contribution in [0.5, 0.6) is 0 Å². The number of amides is 1. The molecule has 1 heterocycles. The molecular weight excluding hydrogens is 252 g/mol. The molecule has 1 aromatic rings. The summed E-state index contributed by atoms with van der Waals surface area (Å²) >= 11 is 0. The van der Waals surface area contributed by atoms with Crippen LogP contribution in [0.3, 0.4) is 0 Å². The van der Waals surface area contributed by atoms with Gasteiger partial charge in [0.1, 0.15) is 6.61 Å². The van der Waals surface area contributed by atoms with E-state index in [1.54, 1.807) is 0 Å². The van der Waals surface area contributed by atoms with E-state index in [0.717, 1.165) is 12.8 Å². The minimum absolute atomic E-state index is 0.0680. The summed E-state index contributed by atoms with van der Waals surface area (Å²) in [6, 6.07) is 8.19. The van der Waals surface area contributed by atoms with Crippen LogP contribution in [0.1, 0.15) is 30.9 Å². The molecule has 0 radical (unpaired) electrons. The summed E-state index contributed by atoms with van der Waals surface area (Å²) in [6.07, 6.45) is 1.81. The van der Waals surface area contributed by atoms with Gasteiger partial charge < -0.3 is 15.4 Å². The molecule has 1 fully saturated rings. The molecule has 0 bridgehead atoms. The van der Waals surface area contributed by atoms with Crippen LogP contribution in [0.2, 0.25) is 0 Å². The van der Waals surface area contributed by atoms with E-state index in [1.165, 1.54) is 11.1 Å². The molecule has 1 aliphatic heterocycles. The zero-order chi connectivity index (χ0) is 14.6. The number of morpholine rings is 1. The molecule has 1 saturated heterocycles. The van der Waals surface area contributed by atoms with E-state index in [0.29, 0.717) is 19.6 Å². The molecule has 4 heteroatoms. The number of carbonyl (C=O) groups is 1. The van der Waals surface area contributed by atoms with Gasteiger partial charge in [-0.25, -0.2) is 0 Å². The Balaban J connectivity index is 2.06. The van der Waals surface area contributed by atoms with Gasteiger partial charge in [-0.15, -0.1) is 0 Å². The van der Waals surface area contributed by atoms with Gasteiger partial charge in [0.05, 0.1) is 5.60 Å². The van der Waals surface area contributed by atoms with Crippen LogP contribution in [0.15, 0.2) is 24.3 Å². The summed E-state index contributed by atoms with van der Waals surface area (Å²) in [5.74, 6) is 0.0680. The second-order valence-corrected chi connectivity index (χ2v) is 5.81. The topological polar surface area (TPSA) is 55.6 Å². The molecule has 1 aromatic carbocycles. The molecule has 1 aliphatic rings. The van der Waals surface area contributed by atoms with Crippen LogP contribution in [-0.2, 0) is 16.1 Å². The van der Waals surface area contributed by atoms with E-state index in [-0.39, 0.29) is 18.1 Å². The molecule has 0 aromatic heterocycles. The predicted molar refractivity (Wildman–Crippen MR) is 79.2 cm³/mol. The third-order valence-corrected chi connectivity index (χ3v) is 3.95. The Bertz CT molecular complexity index is 475. The second kappa shape index (κ2) is 6.37. The van der Waals surface area contributed by atoms with Crippen LogP contribution < -0.4 is 5.73 Å². The number of rotatable bonds is 5. The van der Waals surface area contributed by atoms with Crippen LogP contribution in [-0.4, -0.2) is 36.1 Å². The maximum absolute atomic E-state index is 12.0. The minimum Gasteiger partial charge on any atom is -0.364 e. The molecule has 4 nitrogen and oxygen atoms in total. The third kappa shape index (κ3) is 3.58. The molecular formula is C16H24N2O2. The summed E-state index contributed by atoms with van der Waals surface area (Å²) in [6.45, 7) is 6.28. The van der Waals surface area contributed by atoms with Crippen molar-refractivity contribution in [1.29, 1.82) is 0 Å². The number of hydrogen-bond donors (Lipinski definition) is 1. The number of carbonyl (C=O) groups excluding carboxylic acids is 1. The second-order valence-electron chi connectivity index (χ2n) is 5.81. The fraction of sp³-hybridized carbons (Fsp3) is 0.562. The van der Waals surface area contributed by atoms with Gasteiger partial charge in [-0.05, 0) is 44.4 Å². The Morgan fingerprint density at radius 1 is 1.40 bits per heavy atom. The number of benzene rings is 1. The van der Waals surface area contributed by atoms with Crippen molar-refractivity contribution in [2.45, 2.75) is 38.8 Å². The summed E-state index contributed by atoms with van der Waals surface area (Å²) in [5, 5.41) is 0. The predicted octanol–water partition coefficient (Wildman–Crippen LogP) is 1.85. The van der Waals surface area contributed by atoms with Crippen molar-refractivity contribution in [2.75, 3.05) is 19.7 Å². The van der Waals surface area contributed by atoms with Crippen molar-refractivity contribution in [1.82, 2.24) is 4.90 Å². The highest BCUT2D eigenvalue weighted by molar-refractivity contribution is 5.78. The number of nitrogens with two attached hydrogens (primary N) is 1. The normalized spacial score (nSPS) is 23.1. The Labute approximate surface area is 120 Å². The number of aryl methyl sites for hydroxylation is 1. The quantitative estimate of drug-likeness (QED) is 0.893. The van der Waals surface area contributed by atoms with Crippen LogP contribution in [0.4, 0.5) is 0 Å². The number of nitrogens with zero attached hydrogens (tertiary/aromatic N) is 1. The van der Waals surface area contributed by atoms with E-state index < -0.39 is 0 Å².